The van der Waals surface area contributed by atoms with Crippen LogP contribution >= 0.6 is 0 Å². The Labute approximate surface area is 113 Å². The molecule has 20 heavy (non-hydrogen) atoms. The maximum absolute atomic E-state index is 11.4. The van der Waals surface area contributed by atoms with Crippen LogP contribution in [0.2, 0.25) is 0 Å². The van der Waals surface area contributed by atoms with Crippen molar-refractivity contribution in [2.75, 3.05) is 5.73 Å². The van der Waals surface area contributed by atoms with Gasteiger partial charge in [0.05, 0.1) is 6.33 Å². The zero-order valence-electron chi connectivity index (χ0n) is 10.3. The summed E-state index contributed by atoms with van der Waals surface area (Å²) in [6, 6.07) is 10.3. The van der Waals surface area contributed by atoms with E-state index in [1.165, 1.54) is 6.33 Å². The molecule has 0 amide bonds. The van der Waals surface area contributed by atoms with Gasteiger partial charge in [0.2, 0.25) is 5.88 Å². The number of phenols is 1. The number of fused-ring (bicyclic) bond motifs is 1. The summed E-state index contributed by atoms with van der Waals surface area (Å²) in [5.74, 6) is 0.699. The van der Waals surface area contributed by atoms with Gasteiger partial charge in [-0.25, -0.2) is 4.98 Å². The molecule has 0 aliphatic carbocycles. The van der Waals surface area contributed by atoms with Gasteiger partial charge in [-0.15, -0.1) is 0 Å². The van der Waals surface area contributed by atoms with Crippen molar-refractivity contribution in [2.45, 2.75) is 0 Å². The smallest absolute Gasteiger partial charge is 0.277 e. The number of anilines is 1. The molecular weight excluding hydrogens is 258 g/mol. The number of nitrogen functional groups attached to an aromatic ring is 1. The second-order valence-electron chi connectivity index (χ2n) is 4.25. The van der Waals surface area contributed by atoms with E-state index in [2.05, 4.69) is 9.97 Å². The number of ether oxygens (including phenoxy) is 1. The standard InChI is InChI=1S/C14H11N3O3/c15-12-13(19)16-7-17-14(12)20-11-4-2-8-1-3-10(18)5-9(8)6-11/h1-7,18H,15H2,(H,16,17,19). The molecule has 0 fully saturated rings. The molecule has 0 saturated heterocycles. The van der Waals surface area contributed by atoms with Crippen molar-refractivity contribution >= 4 is 16.5 Å². The van der Waals surface area contributed by atoms with Gasteiger partial charge in [-0.05, 0) is 35.0 Å². The van der Waals surface area contributed by atoms with Crippen LogP contribution in [0.15, 0.2) is 47.5 Å². The van der Waals surface area contributed by atoms with Crippen molar-refractivity contribution in [3.8, 4) is 17.4 Å². The highest BCUT2D eigenvalue weighted by atomic mass is 16.5. The van der Waals surface area contributed by atoms with E-state index in [4.69, 9.17) is 10.5 Å². The second-order valence-corrected chi connectivity index (χ2v) is 4.25. The molecule has 0 unspecified atom stereocenters. The first-order chi connectivity index (χ1) is 9.63. The summed E-state index contributed by atoms with van der Waals surface area (Å²) >= 11 is 0. The first kappa shape index (κ1) is 12.0. The molecule has 3 aromatic rings. The zero-order valence-corrected chi connectivity index (χ0v) is 10.3. The summed E-state index contributed by atoms with van der Waals surface area (Å²) in [6.07, 6.45) is 1.22. The van der Waals surface area contributed by atoms with Gasteiger partial charge in [-0.1, -0.05) is 12.1 Å². The molecule has 0 bridgehead atoms. The van der Waals surface area contributed by atoms with Gasteiger partial charge >= 0.3 is 0 Å². The number of H-pyrrole nitrogens is 1. The van der Waals surface area contributed by atoms with Crippen molar-refractivity contribution in [1.29, 1.82) is 0 Å². The largest absolute Gasteiger partial charge is 0.508 e. The predicted octanol–water partition coefficient (Wildman–Crippen LogP) is 2.00. The first-order valence-electron chi connectivity index (χ1n) is 5.87. The van der Waals surface area contributed by atoms with Gasteiger partial charge in [-0.3, -0.25) is 4.79 Å². The monoisotopic (exact) mass is 269 g/mol. The second kappa shape index (κ2) is 4.58. The lowest BCUT2D eigenvalue weighted by Crippen LogP contribution is -2.13. The van der Waals surface area contributed by atoms with Crippen molar-refractivity contribution in [2.24, 2.45) is 0 Å². The lowest BCUT2D eigenvalue weighted by molar-refractivity contribution is 0.464. The molecule has 6 heteroatoms. The third-order valence-electron chi connectivity index (χ3n) is 2.86. The Morgan fingerprint density at radius 1 is 1.15 bits per heavy atom. The molecule has 1 heterocycles. The molecule has 6 nitrogen and oxygen atoms in total. The first-order valence-corrected chi connectivity index (χ1v) is 5.87. The van der Waals surface area contributed by atoms with Gasteiger partial charge < -0.3 is 20.6 Å². The molecule has 2 aromatic carbocycles. The van der Waals surface area contributed by atoms with Gasteiger partial charge in [0, 0.05) is 0 Å². The van der Waals surface area contributed by atoms with Crippen LogP contribution in [0.4, 0.5) is 5.69 Å². The minimum atomic E-state index is -0.451. The topological polar surface area (TPSA) is 101 Å². The number of aromatic amines is 1. The van der Waals surface area contributed by atoms with E-state index in [1.54, 1.807) is 30.3 Å². The molecule has 1 aromatic heterocycles. The number of aromatic hydroxyl groups is 1. The van der Waals surface area contributed by atoms with Crippen LogP contribution in [0, 0.1) is 0 Å². The average molecular weight is 269 g/mol. The number of phenolic OH excluding ortho intramolecular Hbond substituents is 1. The maximum atomic E-state index is 11.4. The summed E-state index contributed by atoms with van der Waals surface area (Å²) in [5.41, 5.74) is 5.07. The molecular formula is C14H11N3O3. The molecule has 100 valence electrons. The van der Waals surface area contributed by atoms with Crippen LogP contribution in [-0.4, -0.2) is 15.1 Å². The average Bonchev–Trinajstić information content (AvgIpc) is 2.43. The molecule has 0 aliphatic rings. The van der Waals surface area contributed by atoms with Crippen molar-refractivity contribution in [3.63, 3.8) is 0 Å². The molecule has 3 rings (SSSR count). The third kappa shape index (κ3) is 2.14. The van der Waals surface area contributed by atoms with Crippen molar-refractivity contribution < 1.29 is 9.84 Å². The number of nitrogens with zero attached hydrogens (tertiary/aromatic N) is 1. The fraction of sp³-hybridized carbons (Fsp3) is 0. The van der Waals surface area contributed by atoms with E-state index in [0.29, 0.717) is 5.75 Å². The number of hydrogen-bond acceptors (Lipinski definition) is 5. The SMILES string of the molecule is Nc1c(Oc2ccc3ccc(O)cc3c2)nc[nH]c1=O. The summed E-state index contributed by atoms with van der Waals surface area (Å²) in [5, 5.41) is 11.2. The van der Waals surface area contributed by atoms with Crippen LogP contribution in [0.1, 0.15) is 0 Å². The predicted molar refractivity (Wildman–Crippen MR) is 75.0 cm³/mol. The van der Waals surface area contributed by atoms with Crippen molar-refractivity contribution in [3.05, 3.63) is 53.1 Å². The molecule has 0 aliphatic heterocycles. The molecule has 0 radical (unpaired) electrons. The lowest BCUT2D eigenvalue weighted by atomic mass is 10.1. The number of nitrogens with one attached hydrogen (secondary N) is 1. The third-order valence-corrected chi connectivity index (χ3v) is 2.86. The van der Waals surface area contributed by atoms with E-state index in [0.717, 1.165) is 10.8 Å². The summed E-state index contributed by atoms with van der Waals surface area (Å²) in [6.45, 7) is 0. The molecule has 4 N–H and O–H groups in total. The molecule has 0 saturated carbocycles. The van der Waals surface area contributed by atoms with E-state index >= 15 is 0 Å². The highest BCUT2D eigenvalue weighted by Crippen LogP contribution is 2.27. The van der Waals surface area contributed by atoms with Gasteiger partial charge in [-0.2, -0.15) is 0 Å². The Bertz CT molecular complexity index is 842. The quantitative estimate of drug-likeness (QED) is 0.660. The number of nitrogens with two attached hydrogens (primary N) is 1. The summed E-state index contributed by atoms with van der Waals surface area (Å²) < 4.78 is 5.50. The van der Waals surface area contributed by atoms with Gasteiger partial charge in [0.15, 0.2) is 5.69 Å². The highest BCUT2D eigenvalue weighted by Gasteiger charge is 2.07. The van der Waals surface area contributed by atoms with Crippen LogP contribution in [0.3, 0.4) is 0 Å². The maximum Gasteiger partial charge on any atom is 0.277 e. The van der Waals surface area contributed by atoms with E-state index in [9.17, 15) is 9.90 Å². The molecule has 0 atom stereocenters. The Hall–Kier alpha value is -3.02. The van der Waals surface area contributed by atoms with E-state index in [-0.39, 0.29) is 17.3 Å². The van der Waals surface area contributed by atoms with Gasteiger partial charge in [0.25, 0.3) is 5.56 Å². The van der Waals surface area contributed by atoms with Gasteiger partial charge in [0.1, 0.15) is 11.5 Å². The Morgan fingerprint density at radius 3 is 2.80 bits per heavy atom. The van der Waals surface area contributed by atoms with Crippen molar-refractivity contribution in [1.82, 2.24) is 9.97 Å². The van der Waals surface area contributed by atoms with E-state index in [1.807, 2.05) is 6.07 Å². The lowest BCUT2D eigenvalue weighted by Gasteiger charge is -2.07. The fourth-order valence-electron chi connectivity index (χ4n) is 1.86. The summed E-state index contributed by atoms with van der Waals surface area (Å²) in [7, 11) is 0. The Balaban J connectivity index is 2.02. The number of hydrogen-bond donors (Lipinski definition) is 3. The van der Waals surface area contributed by atoms with Crippen LogP contribution in [0.5, 0.6) is 17.4 Å². The van der Waals surface area contributed by atoms with Crippen LogP contribution in [0.25, 0.3) is 10.8 Å². The minimum absolute atomic E-state index is 0.0493. The Kier molecular flexibility index (Phi) is 2.76. The highest BCUT2D eigenvalue weighted by molar-refractivity contribution is 5.85. The number of aromatic nitrogens is 2. The van der Waals surface area contributed by atoms with Crippen LogP contribution in [-0.2, 0) is 0 Å². The fourth-order valence-corrected chi connectivity index (χ4v) is 1.86. The normalized spacial score (nSPS) is 10.6. The summed E-state index contributed by atoms with van der Waals surface area (Å²) in [4.78, 5) is 17.6. The number of rotatable bonds is 2. The van der Waals surface area contributed by atoms with E-state index < -0.39 is 5.56 Å². The number of benzene rings is 2. The zero-order chi connectivity index (χ0) is 14.1. The minimum Gasteiger partial charge on any atom is -0.508 e. The Morgan fingerprint density at radius 2 is 1.95 bits per heavy atom. The van der Waals surface area contributed by atoms with Crippen LogP contribution < -0.4 is 16.0 Å². The molecule has 0 spiro atoms.